The molecule has 1 aromatic carbocycles. The van der Waals surface area contributed by atoms with Crippen LogP contribution in [0.5, 0.6) is 11.5 Å². The van der Waals surface area contributed by atoms with Crippen LogP contribution < -0.4 is 26.1 Å². The number of benzene rings is 1. The Balaban J connectivity index is 1.49. The van der Waals surface area contributed by atoms with Crippen LogP contribution in [0.25, 0.3) is 22.3 Å². The van der Waals surface area contributed by atoms with Crippen LogP contribution in [0.1, 0.15) is 28.4 Å². The molecular weight excluding hydrogens is 460 g/mol. The molecule has 0 radical (unpaired) electrons. The molecule has 0 aliphatic carbocycles. The number of aliphatic hydroxyl groups excluding tert-OH is 1. The van der Waals surface area contributed by atoms with Gasteiger partial charge in [0.1, 0.15) is 13.3 Å². The number of carbonyl (C=O) groups excluding carboxylic acids is 2. The van der Waals surface area contributed by atoms with E-state index in [-0.39, 0.29) is 62.4 Å². The minimum Gasteiger partial charge on any atom is -0.458 e. The molecule has 3 aliphatic rings. The van der Waals surface area contributed by atoms with E-state index in [0.29, 0.717) is 28.4 Å². The number of esters is 1. The molecule has 0 unspecified atom stereocenters. The summed E-state index contributed by atoms with van der Waals surface area (Å²) in [5.74, 6) is -0.0317. The molecule has 6 rings (SSSR count). The lowest BCUT2D eigenvalue weighted by molar-refractivity contribution is -0.157. The molecule has 12 nitrogen and oxygen atoms in total. The van der Waals surface area contributed by atoms with Crippen LogP contribution in [0.4, 0.5) is 0 Å². The number of amides is 1. The van der Waals surface area contributed by atoms with Crippen molar-refractivity contribution in [1.82, 2.24) is 14.9 Å². The summed E-state index contributed by atoms with van der Waals surface area (Å²) in [7, 11) is 0. The SMILES string of the molecule is NCC(=O)NCOCc1c2c(nc3cc4c(cc13)OCO4)-c1cc3c(c(=O)n1C2)COC(=O)[C@H]3O. The largest absolute Gasteiger partial charge is 0.458 e. The van der Waals surface area contributed by atoms with E-state index in [1.54, 1.807) is 16.7 Å². The number of rotatable bonds is 5. The van der Waals surface area contributed by atoms with Crippen LogP contribution in [-0.2, 0) is 38.8 Å². The van der Waals surface area contributed by atoms with Gasteiger partial charge in [0, 0.05) is 22.6 Å². The average Bonchev–Trinajstić information content (AvgIpc) is 3.46. The Labute approximate surface area is 197 Å². The molecule has 180 valence electrons. The second-order valence-corrected chi connectivity index (χ2v) is 8.30. The zero-order valence-corrected chi connectivity index (χ0v) is 18.3. The van der Waals surface area contributed by atoms with Crippen molar-refractivity contribution in [3.05, 3.63) is 50.8 Å². The van der Waals surface area contributed by atoms with Crippen LogP contribution >= 0.6 is 0 Å². The predicted molar refractivity (Wildman–Crippen MR) is 118 cm³/mol. The van der Waals surface area contributed by atoms with E-state index >= 15 is 0 Å². The summed E-state index contributed by atoms with van der Waals surface area (Å²) < 4.78 is 23.3. The first-order chi connectivity index (χ1) is 17.0. The summed E-state index contributed by atoms with van der Waals surface area (Å²) in [6.45, 7) is 0.0208. The second kappa shape index (κ2) is 8.05. The smallest absolute Gasteiger partial charge is 0.340 e. The first kappa shape index (κ1) is 21.5. The van der Waals surface area contributed by atoms with Crippen LogP contribution in [0.2, 0.25) is 0 Å². The lowest BCUT2D eigenvalue weighted by atomic mass is 9.98. The normalized spacial score (nSPS) is 17.1. The van der Waals surface area contributed by atoms with Gasteiger partial charge in [-0.15, -0.1) is 0 Å². The van der Waals surface area contributed by atoms with Crippen molar-refractivity contribution in [3.63, 3.8) is 0 Å². The minimum atomic E-state index is -1.54. The number of ether oxygens (including phenoxy) is 4. The Morgan fingerprint density at radius 3 is 2.80 bits per heavy atom. The van der Waals surface area contributed by atoms with Gasteiger partial charge in [-0.1, -0.05) is 0 Å². The Morgan fingerprint density at radius 1 is 1.20 bits per heavy atom. The lowest BCUT2D eigenvalue weighted by Gasteiger charge is -2.21. The maximum Gasteiger partial charge on any atom is 0.340 e. The van der Waals surface area contributed by atoms with Gasteiger partial charge in [-0.3, -0.25) is 9.59 Å². The third-order valence-corrected chi connectivity index (χ3v) is 6.37. The first-order valence-electron chi connectivity index (χ1n) is 10.9. The van der Waals surface area contributed by atoms with Gasteiger partial charge in [-0.2, -0.15) is 0 Å². The highest BCUT2D eigenvalue weighted by Gasteiger charge is 2.35. The summed E-state index contributed by atoms with van der Waals surface area (Å²) in [5.41, 5.74) is 8.54. The zero-order chi connectivity index (χ0) is 24.3. The topological polar surface area (TPSA) is 164 Å². The molecule has 0 saturated carbocycles. The second-order valence-electron chi connectivity index (χ2n) is 8.30. The van der Waals surface area contributed by atoms with Crippen LogP contribution in [0.3, 0.4) is 0 Å². The lowest BCUT2D eigenvalue weighted by Crippen LogP contribution is -2.32. The van der Waals surface area contributed by atoms with Crippen LogP contribution in [0.15, 0.2) is 23.0 Å². The average molecular weight is 480 g/mol. The molecular formula is C23H20N4O8. The highest BCUT2D eigenvalue weighted by molar-refractivity contribution is 5.91. The molecule has 3 aliphatic heterocycles. The Morgan fingerprint density at radius 2 is 2.00 bits per heavy atom. The number of aliphatic hydroxyl groups is 1. The number of pyridine rings is 2. The zero-order valence-electron chi connectivity index (χ0n) is 18.3. The van der Waals surface area contributed by atoms with E-state index in [1.807, 2.05) is 6.07 Å². The molecule has 3 aromatic rings. The van der Waals surface area contributed by atoms with Gasteiger partial charge in [0.15, 0.2) is 17.6 Å². The summed E-state index contributed by atoms with van der Waals surface area (Å²) in [6, 6.07) is 5.18. The molecule has 35 heavy (non-hydrogen) atoms. The molecule has 4 N–H and O–H groups in total. The number of hydrogen-bond acceptors (Lipinski definition) is 10. The van der Waals surface area contributed by atoms with Gasteiger partial charge in [0.05, 0.1) is 42.2 Å². The van der Waals surface area contributed by atoms with Gasteiger partial charge < -0.3 is 39.7 Å². The van der Waals surface area contributed by atoms with Crippen molar-refractivity contribution in [1.29, 1.82) is 0 Å². The third kappa shape index (κ3) is 3.33. The number of nitrogens with zero attached hydrogens (tertiary/aromatic N) is 2. The fourth-order valence-corrected chi connectivity index (χ4v) is 4.62. The van der Waals surface area contributed by atoms with Crippen LogP contribution in [-0.4, -0.2) is 46.6 Å². The van der Waals surface area contributed by atoms with Gasteiger partial charge in [-0.05, 0) is 17.7 Å². The van der Waals surface area contributed by atoms with E-state index in [1.165, 1.54) is 0 Å². The first-order valence-corrected chi connectivity index (χ1v) is 10.9. The highest BCUT2D eigenvalue weighted by atomic mass is 16.7. The van der Waals surface area contributed by atoms with Crippen molar-refractivity contribution in [2.75, 3.05) is 20.1 Å². The monoisotopic (exact) mass is 480 g/mol. The molecule has 5 heterocycles. The van der Waals surface area contributed by atoms with E-state index < -0.39 is 12.1 Å². The fraction of sp³-hybridized carbons (Fsp3) is 0.304. The van der Waals surface area contributed by atoms with Crippen molar-refractivity contribution < 1.29 is 33.6 Å². The van der Waals surface area contributed by atoms with Gasteiger partial charge in [0.2, 0.25) is 12.7 Å². The summed E-state index contributed by atoms with van der Waals surface area (Å²) in [6.07, 6.45) is -1.54. The number of aromatic nitrogens is 2. The van der Waals surface area contributed by atoms with Crippen molar-refractivity contribution in [2.45, 2.75) is 25.9 Å². The molecule has 1 atom stereocenters. The highest BCUT2D eigenvalue weighted by Crippen LogP contribution is 2.42. The van der Waals surface area contributed by atoms with Gasteiger partial charge >= 0.3 is 5.97 Å². The minimum absolute atomic E-state index is 0.0496. The van der Waals surface area contributed by atoms with Crippen molar-refractivity contribution in [3.8, 4) is 22.9 Å². The van der Waals surface area contributed by atoms with E-state index in [2.05, 4.69) is 5.32 Å². The Kier molecular flexibility index (Phi) is 4.95. The van der Waals surface area contributed by atoms with Crippen LogP contribution in [0, 0.1) is 0 Å². The quantitative estimate of drug-likeness (QED) is 0.198. The predicted octanol–water partition coefficient (Wildman–Crippen LogP) is -0.207. The summed E-state index contributed by atoms with van der Waals surface area (Å²) in [4.78, 5) is 41.4. The summed E-state index contributed by atoms with van der Waals surface area (Å²) in [5, 5.41) is 13.6. The molecule has 2 aromatic heterocycles. The number of carbonyl (C=O) groups is 2. The van der Waals surface area contributed by atoms with E-state index in [4.69, 9.17) is 29.7 Å². The summed E-state index contributed by atoms with van der Waals surface area (Å²) >= 11 is 0. The number of fused-ring (bicyclic) bond motifs is 6. The molecule has 0 fully saturated rings. The number of cyclic esters (lactones) is 1. The Hall–Kier alpha value is -4.00. The molecule has 0 spiro atoms. The maximum absolute atomic E-state index is 13.3. The number of hydrogen-bond donors (Lipinski definition) is 3. The molecule has 0 saturated heterocycles. The fourth-order valence-electron chi connectivity index (χ4n) is 4.62. The van der Waals surface area contributed by atoms with Crippen molar-refractivity contribution >= 4 is 22.8 Å². The van der Waals surface area contributed by atoms with Gasteiger partial charge in [0.25, 0.3) is 5.56 Å². The standard InChI is InChI=1S/C23H20N4O8/c24-4-19(28)25-8-32-6-13-10-2-17-18(35-9-34-17)3-15(10)26-20-12(13)5-27-16(20)1-11-14(22(27)30)7-33-23(31)21(11)29/h1-3,21,29H,4-9,24H2,(H,25,28)/t21-/m0/s1. The van der Waals surface area contributed by atoms with Crippen molar-refractivity contribution in [2.24, 2.45) is 5.73 Å². The number of nitrogens with one attached hydrogen (secondary N) is 1. The van der Waals surface area contributed by atoms with E-state index in [9.17, 15) is 19.5 Å². The number of nitrogens with two attached hydrogens (primary N) is 1. The maximum atomic E-state index is 13.3. The third-order valence-electron chi connectivity index (χ3n) is 6.37. The molecule has 0 bridgehead atoms. The Bertz CT molecular complexity index is 1480. The molecule has 12 heteroatoms. The van der Waals surface area contributed by atoms with Gasteiger partial charge in [-0.25, -0.2) is 9.78 Å². The molecule has 1 amide bonds. The van der Waals surface area contributed by atoms with E-state index in [0.717, 1.165) is 16.5 Å².